The third-order valence-corrected chi connectivity index (χ3v) is 6.56. The summed E-state index contributed by atoms with van der Waals surface area (Å²) >= 11 is 0. The maximum atomic E-state index is 12.9. The second-order valence-electron chi connectivity index (χ2n) is 7.55. The molecule has 1 aliphatic rings. The summed E-state index contributed by atoms with van der Waals surface area (Å²) in [5.41, 5.74) is 2.21. The summed E-state index contributed by atoms with van der Waals surface area (Å²) in [7, 11) is -3.36. The summed E-state index contributed by atoms with van der Waals surface area (Å²) in [5, 5.41) is 11.7. The Labute approximate surface area is 186 Å². The molecule has 3 rings (SSSR count). The molecule has 0 saturated carbocycles. The van der Waals surface area contributed by atoms with Crippen LogP contribution in [0.5, 0.6) is 0 Å². The van der Waals surface area contributed by atoms with E-state index in [2.05, 4.69) is 5.32 Å². The summed E-state index contributed by atoms with van der Waals surface area (Å²) < 4.78 is 24.6. The molecule has 1 heterocycles. The van der Waals surface area contributed by atoms with E-state index in [0.717, 1.165) is 17.4 Å². The molecule has 0 aromatic heterocycles. The highest BCUT2D eigenvalue weighted by Crippen LogP contribution is 2.19. The zero-order valence-electron chi connectivity index (χ0n) is 17.6. The second kappa shape index (κ2) is 9.92. The van der Waals surface area contributed by atoms with Gasteiger partial charge in [0.25, 0.3) is 5.91 Å². The van der Waals surface area contributed by atoms with Gasteiger partial charge in [-0.1, -0.05) is 42.5 Å². The Hall–Kier alpha value is -3.24. The molecule has 2 aromatic carbocycles. The van der Waals surface area contributed by atoms with E-state index in [-0.39, 0.29) is 26.2 Å². The highest BCUT2D eigenvalue weighted by atomic mass is 32.2. The van der Waals surface area contributed by atoms with Gasteiger partial charge in [-0.25, -0.2) is 8.42 Å². The highest BCUT2D eigenvalue weighted by molar-refractivity contribution is 7.88. The average molecular weight is 460 g/mol. The Morgan fingerprint density at radius 1 is 0.938 bits per heavy atom. The number of hydrogen-bond acceptors (Lipinski definition) is 5. The molecule has 170 valence electrons. The number of carbonyl (C=O) groups excluding carboxylic acids is 2. The third-order valence-electron chi connectivity index (χ3n) is 5.26. The van der Waals surface area contributed by atoms with Gasteiger partial charge in [-0.3, -0.25) is 14.4 Å². The van der Waals surface area contributed by atoms with Gasteiger partial charge in [0, 0.05) is 31.7 Å². The molecule has 0 bridgehead atoms. The van der Waals surface area contributed by atoms with E-state index in [1.165, 1.54) is 9.21 Å². The monoisotopic (exact) mass is 459 g/mol. The molecule has 32 heavy (non-hydrogen) atoms. The van der Waals surface area contributed by atoms with Crippen molar-refractivity contribution in [3.63, 3.8) is 0 Å². The molecule has 0 radical (unpaired) electrons. The van der Waals surface area contributed by atoms with Crippen LogP contribution in [0.1, 0.15) is 16.8 Å². The Balaban J connectivity index is 1.68. The lowest BCUT2D eigenvalue weighted by atomic mass is 10.0. The van der Waals surface area contributed by atoms with Crippen molar-refractivity contribution >= 4 is 27.8 Å². The standard InChI is InChI=1S/C22H25N3O6S/c1-32(30,31)25-13-11-24(12-14-25)22(29)19(15-20(26)27)23-21(28)18-9-7-17(8-10-18)16-5-3-2-4-6-16/h2-10,19H,11-15H2,1H3,(H,23,28)(H,26,27)/t19-/m0/s1. The predicted octanol–water partition coefficient (Wildman–Crippen LogP) is 1.03. The van der Waals surface area contributed by atoms with Crippen molar-refractivity contribution in [3.05, 3.63) is 60.2 Å². The first-order valence-electron chi connectivity index (χ1n) is 10.1. The quantitative estimate of drug-likeness (QED) is 0.637. The molecular formula is C22H25N3O6S. The fourth-order valence-electron chi connectivity index (χ4n) is 3.52. The zero-order valence-corrected chi connectivity index (χ0v) is 18.4. The van der Waals surface area contributed by atoms with Crippen LogP contribution in [0, 0.1) is 0 Å². The number of carboxylic acid groups (broad SMARTS) is 1. The van der Waals surface area contributed by atoms with Gasteiger partial charge in [0.2, 0.25) is 15.9 Å². The first kappa shape index (κ1) is 23.4. The molecule has 1 saturated heterocycles. The summed E-state index contributed by atoms with van der Waals surface area (Å²) in [4.78, 5) is 38.2. The zero-order chi connectivity index (χ0) is 23.3. The number of benzene rings is 2. The van der Waals surface area contributed by atoms with Gasteiger partial charge in [0.05, 0.1) is 12.7 Å². The summed E-state index contributed by atoms with van der Waals surface area (Å²) in [6.07, 6.45) is 0.528. The van der Waals surface area contributed by atoms with Crippen LogP contribution in [0.2, 0.25) is 0 Å². The van der Waals surface area contributed by atoms with Gasteiger partial charge in [0.1, 0.15) is 6.04 Å². The van der Waals surface area contributed by atoms with Crippen LogP contribution in [0.3, 0.4) is 0 Å². The minimum Gasteiger partial charge on any atom is -0.481 e. The smallest absolute Gasteiger partial charge is 0.305 e. The van der Waals surface area contributed by atoms with Crippen molar-refractivity contribution in [2.45, 2.75) is 12.5 Å². The molecule has 1 aliphatic heterocycles. The molecule has 2 aromatic rings. The number of hydrogen-bond donors (Lipinski definition) is 2. The number of nitrogens with zero attached hydrogens (tertiary/aromatic N) is 2. The van der Waals surface area contributed by atoms with Crippen LogP contribution in [0.25, 0.3) is 11.1 Å². The van der Waals surface area contributed by atoms with Crippen molar-refractivity contribution in [1.29, 1.82) is 0 Å². The third kappa shape index (κ3) is 5.92. The van der Waals surface area contributed by atoms with Crippen molar-refractivity contribution < 1.29 is 27.9 Å². The number of piperazine rings is 1. The number of aliphatic carboxylic acids is 1. The molecule has 1 fully saturated rings. The van der Waals surface area contributed by atoms with Crippen LogP contribution >= 0.6 is 0 Å². The Morgan fingerprint density at radius 3 is 2.03 bits per heavy atom. The molecule has 2 amide bonds. The Bertz CT molecular complexity index is 1080. The average Bonchev–Trinajstić information content (AvgIpc) is 2.78. The van der Waals surface area contributed by atoms with E-state index < -0.39 is 40.3 Å². The normalized spacial score (nSPS) is 15.7. The first-order chi connectivity index (χ1) is 15.1. The molecule has 0 aliphatic carbocycles. The Kier molecular flexibility index (Phi) is 7.26. The number of carboxylic acids is 1. The van der Waals surface area contributed by atoms with Crippen LogP contribution in [-0.2, 0) is 19.6 Å². The molecule has 9 nitrogen and oxygen atoms in total. The van der Waals surface area contributed by atoms with E-state index in [1.54, 1.807) is 24.3 Å². The van der Waals surface area contributed by atoms with Gasteiger partial charge in [-0.05, 0) is 23.3 Å². The van der Waals surface area contributed by atoms with E-state index in [4.69, 9.17) is 0 Å². The topological polar surface area (TPSA) is 124 Å². The summed E-state index contributed by atoms with van der Waals surface area (Å²) in [6, 6.07) is 15.2. The van der Waals surface area contributed by atoms with E-state index in [0.29, 0.717) is 5.56 Å². The van der Waals surface area contributed by atoms with Gasteiger partial charge >= 0.3 is 5.97 Å². The van der Waals surface area contributed by atoms with Gasteiger partial charge < -0.3 is 15.3 Å². The lowest BCUT2D eigenvalue weighted by molar-refractivity contribution is -0.143. The number of sulfonamides is 1. The SMILES string of the molecule is CS(=O)(=O)N1CCN(C(=O)[C@H](CC(=O)O)NC(=O)c2ccc(-c3ccccc3)cc2)CC1. The molecule has 10 heteroatoms. The van der Waals surface area contributed by atoms with E-state index >= 15 is 0 Å². The largest absolute Gasteiger partial charge is 0.481 e. The van der Waals surface area contributed by atoms with Crippen molar-refractivity contribution in [3.8, 4) is 11.1 Å². The van der Waals surface area contributed by atoms with Crippen LogP contribution in [0.15, 0.2) is 54.6 Å². The first-order valence-corrected chi connectivity index (χ1v) is 11.9. The Morgan fingerprint density at radius 2 is 1.50 bits per heavy atom. The molecule has 0 spiro atoms. The summed E-state index contributed by atoms with van der Waals surface area (Å²) in [5.74, 6) is -2.33. The maximum Gasteiger partial charge on any atom is 0.305 e. The highest BCUT2D eigenvalue weighted by Gasteiger charge is 2.32. The molecule has 1 atom stereocenters. The lowest BCUT2D eigenvalue weighted by Gasteiger charge is -2.35. The molecular weight excluding hydrogens is 434 g/mol. The molecule has 0 unspecified atom stereocenters. The molecule has 2 N–H and O–H groups in total. The fraction of sp³-hybridized carbons (Fsp3) is 0.318. The van der Waals surface area contributed by atoms with E-state index in [1.807, 2.05) is 30.3 Å². The second-order valence-corrected chi connectivity index (χ2v) is 9.54. The van der Waals surface area contributed by atoms with Gasteiger partial charge in [-0.2, -0.15) is 4.31 Å². The van der Waals surface area contributed by atoms with Gasteiger partial charge in [0.15, 0.2) is 0 Å². The number of carbonyl (C=O) groups is 3. The number of nitrogens with one attached hydrogen (secondary N) is 1. The fourth-order valence-corrected chi connectivity index (χ4v) is 4.35. The minimum absolute atomic E-state index is 0.124. The number of rotatable bonds is 7. The van der Waals surface area contributed by atoms with E-state index in [9.17, 15) is 27.9 Å². The number of amides is 2. The van der Waals surface area contributed by atoms with Crippen LogP contribution < -0.4 is 5.32 Å². The maximum absolute atomic E-state index is 12.9. The lowest BCUT2D eigenvalue weighted by Crippen LogP contribution is -2.56. The van der Waals surface area contributed by atoms with Crippen molar-refractivity contribution in [1.82, 2.24) is 14.5 Å². The van der Waals surface area contributed by atoms with Crippen LogP contribution in [-0.4, -0.2) is 79.0 Å². The van der Waals surface area contributed by atoms with Gasteiger partial charge in [-0.15, -0.1) is 0 Å². The van der Waals surface area contributed by atoms with Crippen LogP contribution in [0.4, 0.5) is 0 Å². The van der Waals surface area contributed by atoms with Crippen molar-refractivity contribution in [2.75, 3.05) is 32.4 Å². The van der Waals surface area contributed by atoms with Crippen molar-refractivity contribution in [2.24, 2.45) is 0 Å². The minimum atomic E-state index is -3.36. The summed E-state index contributed by atoms with van der Waals surface area (Å²) in [6.45, 7) is 0.506. The predicted molar refractivity (Wildman–Crippen MR) is 118 cm³/mol.